The molecule has 8 heteroatoms. The van der Waals surface area contributed by atoms with Crippen LogP contribution in [-0.4, -0.2) is 23.5 Å². The lowest BCUT2D eigenvalue weighted by Crippen LogP contribution is -2.31. The van der Waals surface area contributed by atoms with Crippen molar-refractivity contribution in [2.24, 2.45) is 0 Å². The number of hydrogen-bond donors (Lipinski definition) is 1. The van der Waals surface area contributed by atoms with E-state index in [4.69, 9.17) is 39.5 Å². The molecule has 1 N–H and O–H groups in total. The lowest BCUT2D eigenvalue weighted by Gasteiger charge is -2.14. The maximum Gasteiger partial charge on any atom is 0.359 e. The van der Waals surface area contributed by atoms with E-state index in [-0.39, 0.29) is 21.9 Å². The average molecular weight is 388 g/mol. The normalized spacial score (nSPS) is 11.7. The zero-order valence-corrected chi connectivity index (χ0v) is 14.8. The Hall–Kier alpha value is -1.82. The standard InChI is InChI=1S/C16H13Cl3N2O3/c1-9(10-3-2-4-11(17)7-10)20-14(22)8-24-16(23)15-12(18)5-6-13(19)21-15/h2-7,9H,8H2,1H3,(H,20,22)/t9-/m1/s1. The van der Waals surface area contributed by atoms with Crippen LogP contribution in [0.2, 0.25) is 15.2 Å². The molecule has 0 bridgehead atoms. The van der Waals surface area contributed by atoms with Crippen LogP contribution < -0.4 is 5.32 Å². The molecular formula is C16H13Cl3N2O3. The molecule has 0 spiro atoms. The molecule has 0 unspecified atom stereocenters. The fraction of sp³-hybridized carbons (Fsp3) is 0.188. The van der Waals surface area contributed by atoms with Crippen molar-refractivity contribution in [1.82, 2.24) is 10.3 Å². The SMILES string of the molecule is C[C@@H](NC(=O)COC(=O)c1nc(Cl)ccc1Cl)c1cccc(Cl)c1. The highest BCUT2D eigenvalue weighted by atomic mass is 35.5. The van der Waals surface area contributed by atoms with Crippen LogP contribution in [0.1, 0.15) is 29.0 Å². The summed E-state index contributed by atoms with van der Waals surface area (Å²) >= 11 is 17.5. The first-order valence-corrected chi connectivity index (χ1v) is 8.04. The molecule has 0 saturated heterocycles. The molecular weight excluding hydrogens is 375 g/mol. The van der Waals surface area contributed by atoms with Gasteiger partial charge in [0.15, 0.2) is 12.3 Å². The molecule has 0 aliphatic heterocycles. The predicted octanol–water partition coefficient (Wildman–Crippen LogP) is 4.08. The number of pyridine rings is 1. The van der Waals surface area contributed by atoms with E-state index in [2.05, 4.69) is 10.3 Å². The molecule has 0 aliphatic carbocycles. The van der Waals surface area contributed by atoms with E-state index in [1.807, 2.05) is 6.07 Å². The minimum atomic E-state index is -0.826. The van der Waals surface area contributed by atoms with Gasteiger partial charge in [-0.1, -0.05) is 46.9 Å². The van der Waals surface area contributed by atoms with Crippen molar-refractivity contribution in [2.45, 2.75) is 13.0 Å². The van der Waals surface area contributed by atoms with Crippen molar-refractivity contribution >= 4 is 46.7 Å². The number of ether oxygens (including phenoxy) is 1. The number of carbonyl (C=O) groups is 2. The number of esters is 1. The van der Waals surface area contributed by atoms with E-state index < -0.39 is 18.5 Å². The predicted molar refractivity (Wildman–Crippen MR) is 92.5 cm³/mol. The van der Waals surface area contributed by atoms with Gasteiger partial charge in [0.2, 0.25) is 0 Å². The van der Waals surface area contributed by atoms with Crippen molar-refractivity contribution in [2.75, 3.05) is 6.61 Å². The van der Waals surface area contributed by atoms with Crippen LogP contribution in [-0.2, 0) is 9.53 Å². The maximum atomic E-state index is 11.9. The van der Waals surface area contributed by atoms with Gasteiger partial charge in [0.1, 0.15) is 5.15 Å². The first kappa shape index (κ1) is 18.5. The van der Waals surface area contributed by atoms with Gasteiger partial charge in [-0.2, -0.15) is 0 Å². The second-order valence-electron chi connectivity index (χ2n) is 4.88. The van der Waals surface area contributed by atoms with Gasteiger partial charge in [-0.15, -0.1) is 0 Å². The van der Waals surface area contributed by atoms with E-state index >= 15 is 0 Å². The van der Waals surface area contributed by atoms with Crippen LogP contribution in [0.4, 0.5) is 0 Å². The molecule has 1 heterocycles. The Balaban J connectivity index is 1.91. The number of amides is 1. The molecule has 1 amide bonds. The smallest absolute Gasteiger partial charge is 0.359 e. The number of aromatic nitrogens is 1. The molecule has 0 fully saturated rings. The topological polar surface area (TPSA) is 68.3 Å². The highest BCUT2D eigenvalue weighted by Gasteiger charge is 2.17. The highest BCUT2D eigenvalue weighted by molar-refractivity contribution is 6.34. The molecule has 2 rings (SSSR count). The molecule has 0 radical (unpaired) electrons. The van der Waals surface area contributed by atoms with Crippen molar-refractivity contribution in [3.05, 3.63) is 62.9 Å². The van der Waals surface area contributed by atoms with Gasteiger partial charge in [0.25, 0.3) is 5.91 Å². The fourth-order valence-electron chi connectivity index (χ4n) is 1.90. The molecule has 0 aliphatic rings. The molecule has 1 atom stereocenters. The Morgan fingerprint density at radius 2 is 1.96 bits per heavy atom. The van der Waals surface area contributed by atoms with E-state index in [0.29, 0.717) is 5.02 Å². The zero-order valence-electron chi connectivity index (χ0n) is 12.6. The molecule has 2 aromatic rings. The minimum absolute atomic E-state index is 0.0945. The van der Waals surface area contributed by atoms with Gasteiger partial charge >= 0.3 is 5.97 Å². The summed E-state index contributed by atoms with van der Waals surface area (Å²) in [5.41, 5.74) is 0.696. The number of nitrogens with one attached hydrogen (secondary N) is 1. The Labute approximate surface area is 153 Å². The fourth-order valence-corrected chi connectivity index (χ4v) is 2.43. The lowest BCUT2D eigenvalue weighted by molar-refractivity contribution is -0.124. The Morgan fingerprint density at radius 1 is 1.21 bits per heavy atom. The van der Waals surface area contributed by atoms with Gasteiger partial charge in [0, 0.05) is 5.02 Å². The van der Waals surface area contributed by atoms with E-state index in [1.54, 1.807) is 25.1 Å². The molecule has 24 heavy (non-hydrogen) atoms. The van der Waals surface area contributed by atoms with Gasteiger partial charge in [-0.3, -0.25) is 4.79 Å². The average Bonchev–Trinajstić information content (AvgIpc) is 2.54. The van der Waals surface area contributed by atoms with Crippen LogP contribution >= 0.6 is 34.8 Å². The summed E-state index contributed by atoms with van der Waals surface area (Å²) in [4.78, 5) is 27.6. The zero-order chi connectivity index (χ0) is 17.7. The first-order valence-electron chi connectivity index (χ1n) is 6.91. The first-order chi connectivity index (χ1) is 11.4. The maximum absolute atomic E-state index is 11.9. The van der Waals surface area contributed by atoms with Crippen LogP contribution in [0.5, 0.6) is 0 Å². The summed E-state index contributed by atoms with van der Waals surface area (Å²) < 4.78 is 4.90. The van der Waals surface area contributed by atoms with Crippen molar-refractivity contribution in [3.8, 4) is 0 Å². The largest absolute Gasteiger partial charge is 0.451 e. The highest BCUT2D eigenvalue weighted by Crippen LogP contribution is 2.18. The number of carbonyl (C=O) groups excluding carboxylic acids is 2. The Bertz CT molecular complexity index is 768. The quantitative estimate of drug-likeness (QED) is 0.620. The molecule has 1 aromatic carbocycles. The monoisotopic (exact) mass is 386 g/mol. The number of hydrogen-bond acceptors (Lipinski definition) is 4. The number of benzene rings is 1. The molecule has 1 aromatic heterocycles. The summed E-state index contributed by atoms with van der Waals surface area (Å²) in [6, 6.07) is 9.68. The summed E-state index contributed by atoms with van der Waals surface area (Å²) in [6.45, 7) is 1.33. The van der Waals surface area contributed by atoms with Gasteiger partial charge in [-0.05, 0) is 36.8 Å². The van der Waals surface area contributed by atoms with Crippen molar-refractivity contribution in [1.29, 1.82) is 0 Å². The third-order valence-corrected chi connectivity index (χ3v) is 3.82. The second kappa shape index (κ2) is 8.33. The van der Waals surface area contributed by atoms with Crippen molar-refractivity contribution in [3.63, 3.8) is 0 Å². The number of nitrogens with zero attached hydrogens (tertiary/aromatic N) is 1. The summed E-state index contributed by atoms with van der Waals surface area (Å²) in [7, 11) is 0. The van der Waals surface area contributed by atoms with E-state index in [9.17, 15) is 9.59 Å². The van der Waals surface area contributed by atoms with Crippen LogP contribution in [0.25, 0.3) is 0 Å². The minimum Gasteiger partial charge on any atom is -0.451 e. The second-order valence-corrected chi connectivity index (χ2v) is 6.12. The number of halogens is 3. The Kier molecular flexibility index (Phi) is 6.43. The Morgan fingerprint density at radius 3 is 2.67 bits per heavy atom. The van der Waals surface area contributed by atoms with Crippen LogP contribution in [0.3, 0.4) is 0 Å². The third kappa shape index (κ3) is 5.09. The summed E-state index contributed by atoms with van der Waals surface area (Å²) in [5.74, 6) is -1.29. The third-order valence-electron chi connectivity index (χ3n) is 3.07. The summed E-state index contributed by atoms with van der Waals surface area (Å²) in [5, 5.41) is 3.47. The van der Waals surface area contributed by atoms with Crippen molar-refractivity contribution < 1.29 is 14.3 Å². The lowest BCUT2D eigenvalue weighted by atomic mass is 10.1. The van der Waals surface area contributed by atoms with Crippen LogP contribution in [0.15, 0.2) is 36.4 Å². The van der Waals surface area contributed by atoms with E-state index in [1.165, 1.54) is 12.1 Å². The van der Waals surface area contributed by atoms with Gasteiger partial charge in [-0.25, -0.2) is 9.78 Å². The number of rotatable bonds is 5. The molecule has 5 nitrogen and oxygen atoms in total. The van der Waals surface area contributed by atoms with Gasteiger partial charge in [0.05, 0.1) is 11.1 Å². The molecule has 126 valence electrons. The van der Waals surface area contributed by atoms with Crippen LogP contribution in [0, 0.1) is 0 Å². The summed E-state index contributed by atoms with van der Waals surface area (Å²) in [6.07, 6.45) is 0. The van der Waals surface area contributed by atoms with E-state index in [0.717, 1.165) is 5.56 Å². The molecule has 0 saturated carbocycles. The van der Waals surface area contributed by atoms with Gasteiger partial charge < -0.3 is 10.1 Å².